The van der Waals surface area contributed by atoms with Crippen molar-refractivity contribution in [3.63, 3.8) is 0 Å². The minimum absolute atomic E-state index is 0.205. The molecule has 3 heterocycles. The van der Waals surface area contributed by atoms with Crippen LogP contribution < -0.4 is 10.1 Å². The maximum absolute atomic E-state index is 12.5. The minimum Gasteiger partial charge on any atom is -0.497 e. The van der Waals surface area contributed by atoms with Crippen LogP contribution in [0.1, 0.15) is 21.9 Å². The molecular weight excluding hydrogens is 450 g/mol. The number of morpholine rings is 2. The Morgan fingerprint density at radius 2 is 1.66 bits per heavy atom. The van der Waals surface area contributed by atoms with Crippen molar-refractivity contribution in [2.75, 3.05) is 85.9 Å². The van der Waals surface area contributed by atoms with Gasteiger partial charge in [0.15, 0.2) is 5.69 Å². The van der Waals surface area contributed by atoms with Gasteiger partial charge in [0.2, 0.25) is 5.89 Å². The molecular formula is C25H37N5O5. The number of oxazole rings is 1. The molecule has 0 radical (unpaired) electrons. The van der Waals surface area contributed by atoms with Gasteiger partial charge in [0, 0.05) is 58.9 Å². The van der Waals surface area contributed by atoms with E-state index >= 15 is 0 Å². The number of benzene rings is 1. The Balaban J connectivity index is 1.31. The van der Waals surface area contributed by atoms with Gasteiger partial charge in [0.05, 0.1) is 40.1 Å². The number of amides is 1. The molecule has 2 fully saturated rings. The second kappa shape index (κ2) is 13.6. The number of ether oxygens (including phenoxy) is 3. The van der Waals surface area contributed by atoms with Gasteiger partial charge in [0.1, 0.15) is 12.0 Å². The van der Waals surface area contributed by atoms with Crippen molar-refractivity contribution in [3.05, 3.63) is 47.7 Å². The Kier molecular flexibility index (Phi) is 9.91. The Morgan fingerprint density at radius 3 is 2.31 bits per heavy atom. The number of aromatic nitrogens is 1. The monoisotopic (exact) mass is 487 g/mol. The highest BCUT2D eigenvalue weighted by molar-refractivity contribution is 5.91. The van der Waals surface area contributed by atoms with Crippen molar-refractivity contribution in [2.24, 2.45) is 0 Å². The van der Waals surface area contributed by atoms with E-state index in [1.807, 2.05) is 12.1 Å². The fourth-order valence-corrected chi connectivity index (χ4v) is 4.23. The molecule has 0 unspecified atom stereocenters. The third kappa shape index (κ3) is 8.29. The maximum Gasteiger partial charge on any atom is 0.273 e. The number of carbonyl (C=O) groups excluding carboxylic acids is 1. The van der Waals surface area contributed by atoms with Gasteiger partial charge in [-0.1, -0.05) is 12.1 Å². The highest BCUT2D eigenvalue weighted by Crippen LogP contribution is 2.15. The second-order valence-corrected chi connectivity index (χ2v) is 8.85. The quantitative estimate of drug-likeness (QED) is 0.472. The number of carbonyl (C=O) groups is 1. The summed E-state index contributed by atoms with van der Waals surface area (Å²) < 4.78 is 21.8. The van der Waals surface area contributed by atoms with Crippen LogP contribution in [0.15, 0.2) is 34.9 Å². The summed E-state index contributed by atoms with van der Waals surface area (Å²) in [5.74, 6) is 1.17. The molecule has 2 aliphatic rings. The topological polar surface area (TPSA) is 92.5 Å². The van der Waals surface area contributed by atoms with Gasteiger partial charge in [-0.2, -0.15) is 0 Å². The standard InChI is InChI=1S/C25H37N5O5/c1-32-22-4-2-21(3-5-22)18-30(9-8-29-12-16-34-17-13-29)19-24-27-23(20-35-24)25(31)26-6-7-28-10-14-33-15-11-28/h2-5,20H,6-19H2,1H3,(H,26,31). The zero-order chi connectivity index (χ0) is 24.3. The summed E-state index contributed by atoms with van der Waals surface area (Å²) in [5.41, 5.74) is 1.50. The van der Waals surface area contributed by atoms with Crippen LogP contribution in [0.5, 0.6) is 5.75 Å². The molecule has 1 aromatic heterocycles. The van der Waals surface area contributed by atoms with E-state index in [2.05, 4.69) is 37.1 Å². The van der Waals surface area contributed by atoms with Gasteiger partial charge in [-0.25, -0.2) is 4.98 Å². The van der Waals surface area contributed by atoms with Gasteiger partial charge in [-0.3, -0.25) is 19.5 Å². The van der Waals surface area contributed by atoms with E-state index in [1.165, 1.54) is 11.8 Å². The molecule has 0 bridgehead atoms. The van der Waals surface area contributed by atoms with Gasteiger partial charge in [-0.15, -0.1) is 0 Å². The van der Waals surface area contributed by atoms with Gasteiger partial charge < -0.3 is 23.9 Å². The van der Waals surface area contributed by atoms with Gasteiger partial charge in [0.25, 0.3) is 5.91 Å². The first-order valence-electron chi connectivity index (χ1n) is 12.4. The third-order valence-electron chi connectivity index (χ3n) is 6.36. The van der Waals surface area contributed by atoms with E-state index in [1.54, 1.807) is 7.11 Å². The van der Waals surface area contributed by atoms with Crippen LogP contribution in [0.25, 0.3) is 0 Å². The predicted octanol–water partition coefficient (Wildman–Crippen LogP) is 1.08. The molecule has 2 saturated heterocycles. The van der Waals surface area contributed by atoms with Crippen molar-refractivity contribution < 1.29 is 23.4 Å². The van der Waals surface area contributed by atoms with Crippen LogP contribution in [0, 0.1) is 0 Å². The molecule has 4 rings (SSSR count). The van der Waals surface area contributed by atoms with Crippen molar-refractivity contribution in [1.82, 2.24) is 25.0 Å². The molecule has 35 heavy (non-hydrogen) atoms. The lowest BCUT2D eigenvalue weighted by Gasteiger charge is -2.29. The molecule has 2 aliphatic heterocycles. The van der Waals surface area contributed by atoms with E-state index in [9.17, 15) is 4.79 Å². The van der Waals surface area contributed by atoms with Crippen molar-refractivity contribution in [1.29, 1.82) is 0 Å². The summed E-state index contributed by atoms with van der Waals surface area (Å²) in [6.07, 6.45) is 1.45. The zero-order valence-electron chi connectivity index (χ0n) is 20.6. The summed E-state index contributed by atoms with van der Waals surface area (Å²) in [6.45, 7) is 11.2. The van der Waals surface area contributed by atoms with Crippen molar-refractivity contribution in [2.45, 2.75) is 13.1 Å². The van der Waals surface area contributed by atoms with E-state index in [0.29, 0.717) is 24.7 Å². The number of nitrogens with zero attached hydrogens (tertiary/aromatic N) is 4. The van der Waals surface area contributed by atoms with Gasteiger partial charge in [-0.05, 0) is 17.7 Å². The molecule has 0 atom stereocenters. The first-order chi connectivity index (χ1) is 17.2. The molecule has 0 spiro atoms. The summed E-state index contributed by atoms with van der Waals surface area (Å²) >= 11 is 0. The summed E-state index contributed by atoms with van der Waals surface area (Å²) in [4.78, 5) is 24.0. The highest BCUT2D eigenvalue weighted by Gasteiger charge is 2.18. The average molecular weight is 488 g/mol. The molecule has 10 nitrogen and oxygen atoms in total. The molecule has 1 amide bonds. The number of hydrogen-bond acceptors (Lipinski definition) is 9. The predicted molar refractivity (Wildman–Crippen MR) is 130 cm³/mol. The lowest BCUT2D eigenvalue weighted by atomic mass is 10.2. The Morgan fingerprint density at radius 1 is 1.00 bits per heavy atom. The molecule has 0 aliphatic carbocycles. The zero-order valence-corrected chi connectivity index (χ0v) is 20.6. The SMILES string of the molecule is COc1ccc(CN(CCN2CCOCC2)Cc2nc(C(=O)NCCN3CCOCC3)co2)cc1. The minimum atomic E-state index is -0.205. The highest BCUT2D eigenvalue weighted by atomic mass is 16.5. The van der Waals surface area contributed by atoms with Crippen LogP contribution >= 0.6 is 0 Å². The molecule has 1 N–H and O–H groups in total. The van der Waals surface area contributed by atoms with E-state index in [0.717, 1.165) is 84.5 Å². The summed E-state index contributed by atoms with van der Waals surface area (Å²) in [6, 6.07) is 8.09. The Labute approximate surface area is 207 Å². The van der Waals surface area contributed by atoms with E-state index in [4.69, 9.17) is 18.6 Å². The number of methoxy groups -OCH3 is 1. The van der Waals surface area contributed by atoms with Gasteiger partial charge >= 0.3 is 0 Å². The lowest BCUT2D eigenvalue weighted by Crippen LogP contribution is -2.41. The largest absolute Gasteiger partial charge is 0.497 e. The van der Waals surface area contributed by atoms with Crippen LogP contribution in [-0.2, 0) is 22.6 Å². The van der Waals surface area contributed by atoms with Crippen molar-refractivity contribution >= 4 is 5.91 Å². The average Bonchev–Trinajstić information content (AvgIpc) is 3.37. The van der Waals surface area contributed by atoms with Crippen LogP contribution in [0.4, 0.5) is 0 Å². The number of rotatable bonds is 12. The first-order valence-corrected chi connectivity index (χ1v) is 12.4. The number of hydrogen-bond donors (Lipinski definition) is 1. The molecule has 2 aromatic rings. The second-order valence-electron chi connectivity index (χ2n) is 8.85. The fourth-order valence-electron chi connectivity index (χ4n) is 4.23. The number of nitrogens with one attached hydrogen (secondary N) is 1. The van der Waals surface area contributed by atoms with Crippen LogP contribution in [0.3, 0.4) is 0 Å². The fraction of sp³-hybridized carbons (Fsp3) is 0.600. The smallest absolute Gasteiger partial charge is 0.273 e. The van der Waals surface area contributed by atoms with Crippen LogP contribution in [0.2, 0.25) is 0 Å². The maximum atomic E-state index is 12.5. The molecule has 1 aromatic carbocycles. The summed E-state index contributed by atoms with van der Waals surface area (Å²) in [5, 5.41) is 2.94. The Hall–Kier alpha value is -2.50. The van der Waals surface area contributed by atoms with E-state index in [-0.39, 0.29) is 5.91 Å². The lowest BCUT2D eigenvalue weighted by molar-refractivity contribution is 0.0320. The van der Waals surface area contributed by atoms with Crippen molar-refractivity contribution in [3.8, 4) is 5.75 Å². The molecule has 0 saturated carbocycles. The Bertz CT molecular complexity index is 894. The molecule has 10 heteroatoms. The molecule has 192 valence electrons. The van der Waals surface area contributed by atoms with E-state index < -0.39 is 0 Å². The summed E-state index contributed by atoms with van der Waals surface area (Å²) in [7, 11) is 1.67. The third-order valence-corrected chi connectivity index (χ3v) is 6.36. The normalized spacial score (nSPS) is 17.5. The first kappa shape index (κ1) is 25.6. The van der Waals surface area contributed by atoms with Crippen LogP contribution in [-0.4, -0.2) is 111 Å².